The molecule has 8 nitrogen and oxygen atoms in total. The summed E-state index contributed by atoms with van der Waals surface area (Å²) in [5.41, 5.74) is 5.62. The van der Waals surface area contributed by atoms with Gasteiger partial charge in [-0.3, -0.25) is 14.5 Å². The van der Waals surface area contributed by atoms with Gasteiger partial charge in [-0.1, -0.05) is 26.0 Å². The van der Waals surface area contributed by atoms with Crippen LogP contribution in [0, 0.1) is 0 Å². The minimum absolute atomic E-state index is 0.0884. The van der Waals surface area contributed by atoms with Crippen molar-refractivity contribution in [2.75, 3.05) is 19.6 Å². The number of likely N-dealkylation sites (N-methyl/N-ethyl adjacent to an activating group) is 1. The number of rotatable bonds is 8. The van der Waals surface area contributed by atoms with E-state index in [2.05, 4.69) is 15.4 Å². The standard InChI is InChI=1S/C21H23F3N6O2/c1-3-29(4-2)17(13-5-7-14(8-6-13)21(22,23)24)12-27-20(32)16-9-10-26-19-15(18(25)31)11-28-30(16)19/h5-11,17H,3-4,12H2,1-2H3,(H2,25,31)(H,27,32). The molecule has 1 aromatic carbocycles. The highest BCUT2D eigenvalue weighted by atomic mass is 19.4. The van der Waals surface area contributed by atoms with Gasteiger partial charge in [-0.2, -0.15) is 18.3 Å². The first kappa shape index (κ1) is 23.2. The van der Waals surface area contributed by atoms with Gasteiger partial charge in [0.15, 0.2) is 5.65 Å². The van der Waals surface area contributed by atoms with E-state index >= 15 is 0 Å². The average Bonchev–Trinajstić information content (AvgIpc) is 3.20. The molecule has 0 radical (unpaired) electrons. The summed E-state index contributed by atoms with van der Waals surface area (Å²) in [5, 5.41) is 6.84. The first-order valence-corrected chi connectivity index (χ1v) is 9.99. The van der Waals surface area contributed by atoms with Crippen LogP contribution in [-0.2, 0) is 6.18 Å². The molecule has 0 saturated heterocycles. The Kier molecular flexibility index (Phi) is 6.78. The van der Waals surface area contributed by atoms with E-state index in [4.69, 9.17) is 5.73 Å². The molecule has 0 aliphatic rings. The van der Waals surface area contributed by atoms with Crippen molar-refractivity contribution in [3.63, 3.8) is 0 Å². The average molecular weight is 448 g/mol. The number of nitrogens with one attached hydrogen (secondary N) is 1. The number of nitrogens with zero attached hydrogens (tertiary/aromatic N) is 4. The molecule has 2 amide bonds. The van der Waals surface area contributed by atoms with Crippen molar-refractivity contribution in [1.29, 1.82) is 0 Å². The molecule has 0 bridgehead atoms. The maximum Gasteiger partial charge on any atom is 0.416 e. The number of nitrogens with two attached hydrogens (primary N) is 1. The molecule has 1 unspecified atom stereocenters. The van der Waals surface area contributed by atoms with Crippen molar-refractivity contribution in [1.82, 2.24) is 24.8 Å². The third-order valence-corrected chi connectivity index (χ3v) is 5.23. The van der Waals surface area contributed by atoms with Gasteiger partial charge in [0, 0.05) is 12.7 Å². The summed E-state index contributed by atoms with van der Waals surface area (Å²) < 4.78 is 40.0. The fourth-order valence-electron chi connectivity index (χ4n) is 3.53. The third-order valence-electron chi connectivity index (χ3n) is 5.23. The molecule has 11 heteroatoms. The van der Waals surface area contributed by atoms with Crippen molar-refractivity contribution in [3.05, 3.63) is 65.1 Å². The van der Waals surface area contributed by atoms with Gasteiger partial charge in [0.1, 0.15) is 11.3 Å². The number of aromatic nitrogens is 3. The summed E-state index contributed by atoms with van der Waals surface area (Å²) in [6, 6.07) is 6.03. The largest absolute Gasteiger partial charge is 0.416 e. The van der Waals surface area contributed by atoms with E-state index in [1.54, 1.807) is 0 Å². The van der Waals surface area contributed by atoms with E-state index in [0.29, 0.717) is 18.7 Å². The lowest BCUT2D eigenvalue weighted by atomic mass is 10.0. The van der Waals surface area contributed by atoms with E-state index in [1.807, 2.05) is 18.7 Å². The van der Waals surface area contributed by atoms with Crippen LogP contribution in [0.25, 0.3) is 5.65 Å². The highest BCUT2D eigenvalue weighted by Gasteiger charge is 2.30. The second-order valence-electron chi connectivity index (χ2n) is 7.05. The van der Waals surface area contributed by atoms with Gasteiger partial charge in [0.05, 0.1) is 17.8 Å². The number of amides is 2. The Morgan fingerprint density at radius 3 is 2.38 bits per heavy atom. The Morgan fingerprint density at radius 2 is 1.81 bits per heavy atom. The summed E-state index contributed by atoms with van der Waals surface area (Å²) in [5.74, 6) is -1.19. The number of carbonyl (C=O) groups is 2. The first-order chi connectivity index (χ1) is 15.2. The molecule has 0 aliphatic carbocycles. The summed E-state index contributed by atoms with van der Waals surface area (Å²) in [7, 11) is 0. The van der Waals surface area contributed by atoms with Crippen LogP contribution in [0.15, 0.2) is 42.7 Å². The molecule has 2 heterocycles. The Morgan fingerprint density at radius 1 is 1.16 bits per heavy atom. The number of fused-ring (bicyclic) bond motifs is 1. The van der Waals surface area contributed by atoms with Crippen molar-refractivity contribution < 1.29 is 22.8 Å². The summed E-state index contributed by atoms with van der Waals surface area (Å²) in [6.45, 7) is 5.30. The minimum Gasteiger partial charge on any atom is -0.365 e. The Hall–Kier alpha value is -3.47. The number of alkyl halides is 3. The molecule has 3 N–H and O–H groups in total. The van der Waals surface area contributed by atoms with Gasteiger partial charge < -0.3 is 11.1 Å². The van der Waals surface area contributed by atoms with Crippen LogP contribution >= 0.6 is 0 Å². The van der Waals surface area contributed by atoms with Gasteiger partial charge in [-0.25, -0.2) is 9.50 Å². The maximum absolute atomic E-state index is 12.9. The number of primary amides is 1. The van der Waals surface area contributed by atoms with E-state index < -0.39 is 23.6 Å². The SMILES string of the molecule is CCN(CC)C(CNC(=O)c1ccnc2c(C(N)=O)cnn12)c1ccc(C(F)(F)F)cc1. The quantitative estimate of drug-likeness (QED) is 0.551. The molecule has 32 heavy (non-hydrogen) atoms. The van der Waals surface area contributed by atoms with E-state index in [1.165, 1.54) is 35.1 Å². The molecule has 0 fully saturated rings. The molecule has 3 rings (SSSR count). The lowest BCUT2D eigenvalue weighted by molar-refractivity contribution is -0.137. The zero-order valence-corrected chi connectivity index (χ0v) is 17.6. The second-order valence-corrected chi connectivity index (χ2v) is 7.05. The molecule has 3 aromatic rings. The first-order valence-electron chi connectivity index (χ1n) is 9.99. The van der Waals surface area contributed by atoms with E-state index in [-0.39, 0.29) is 29.5 Å². The van der Waals surface area contributed by atoms with Gasteiger partial charge in [0.25, 0.3) is 11.8 Å². The van der Waals surface area contributed by atoms with Gasteiger partial charge in [0.2, 0.25) is 0 Å². The number of hydrogen-bond donors (Lipinski definition) is 2. The number of benzene rings is 1. The normalized spacial score (nSPS) is 12.8. The molecule has 2 aromatic heterocycles. The van der Waals surface area contributed by atoms with Crippen molar-refractivity contribution >= 4 is 17.5 Å². The molecule has 0 aliphatic heterocycles. The number of halogens is 3. The molecular weight excluding hydrogens is 425 g/mol. The third kappa shape index (κ3) is 4.72. The van der Waals surface area contributed by atoms with Crippen LogP contribution in [-0.4, -0.2) is 50.9 Å². The predicted molar refractivity (Wildman–Crippen MR) is 111 cm³/mol. The molecule has 1 atom stereocenters. The number of hydrogen-bond acceptors (Lipinski definition) is 5. The van der Waals surface area contributed by atoms with Crippen LogP contribution in [0.3, 0.4) is 0 Å². The Bertz CT molecular complexity index is 1110. The zero-order valence-electron chi connectivity index (χ0n) is 17.6. The van der Waals surface area contributed by atoms with Gasteiger partial charge in [-0.05, 0) is 36.9 Å². The lowest BCUT2D eigenvalue weighted by Gasteiger charge is -2.30. The Labute approximate surface area is 182 Å². The second kappa shape index (κ2) is 9.35. The lowest BCUT2D eigenvalue weighted by Crippen LogP contribution is -2.38. The smallest absolute Gasteiger partial charge is 0.365 e. The van der Waals surface area contributed by atoms with E-state index in [9.17, 15) is 22.8 Å². The minimum atomic E-state index is -4.42. The summed E-state index contributed by atoms with van der Waals surface area (Å²) in [4.78, 5) is 30.5. The Balaban J connectivity index is 1.84. The summed E-state index contributed by atoms with van der Waals surface area (Å²) >= 11 is 0. The van der Waals surface area contributed by atoms with Crippen molar-refractivity contribution in [2.45, 2.75) is 26.1 Å². The molecule has 0 saturated carbocycles. The van der Waals surface area contributed by atoms with E-state index in [0.717, 1.165) is 12.1 Å². The van der Waals surface area contributed by atoms with Crippen molar-refractivity contribution in [2.24, 2.45) is 5.73 Å². The fourth-order valence-corrected chi connectivity index (χ4v) is 3.53. The molecule has 170 valence electrons. The van der Waals surface area contributed by atoms with Crippen LogP contribution < -0.4 is 11.1 Å². The van der Waals surface area contributed by atoms with Crippen LogP contribution in [0.4, 0.5) is 13.2 Å². The molecule has 0 spiro atoms. The highest BCUT2D eigenvalue weighted by molar-refractivity contribution is 5.99. The summed E-state index contributed by atoms with van der Waals surface area (Å²) in [6.07, 6.45) is -1.81. The van der Waals surface area contributed by atoms with Crippen molar-refractivity contribution in [3.8, 4) is 0 Å². The highest BCUT2D eigenvalue weighted by Crippen LogP contribution is 2.30. The van der Waals surface area contributed by atoms with Crippen LogP contribution in [0.1, 0.15) is 51.9 Å². The fraction of sp³-hybridized carbons (Fsp3) is 0.333. The van der Waals surface area contributed by atoms with Crippen LogP contribution in [0.5, 0.6) is 0 Å². The molecular formula is C21H23F3N6O2. The van der Waals surface area contributed by atoms with Gasteiger partial charge in [-0.15, -0.1) is 0 Å². The van der Waals surface area contributed by atoms with Crippen LogP contribution in [0.2, 0.25) is 0 Å². The maximum atomic E-state index is 12.9. The monoisotopic (exact) mass is 448 g/mol. The predicted octanol–water partition coefficient (Wildman–Crippen LogP) is 2.66. The number of carbonyl (C=O) groups excluding carboxylic acids is 2. The topological polar surface area (TPSA) is 106 Å². The zero-order chi connectivity index (χ0) is 23.5. The van der Waals surface area contributed by atoms with Gasteiger partial charge >= 0.3 is 6.18 Å².